The van der Waals surface area contributed by atoms with Crippen LogP contribution in [0.4, 0.5) is 18.9 Å². The van der Waals surface area contributed by atoms with Gasteiger partial charge in [-0.25, -0.2) is 0 Å². The lowest BCUT2D eigenvalue weighted by Crippen LogP contribution is -2.54. The molecule has 0 unspecified atom stereocenters. The maximum Gasteiger partial charge on any atom is 0.417 e. The second kappa shape index (κ2) is 6.27. The first kappa shape index (κ1) is 19.2. The van der Waals surface area contributed by atoms with Gasteiger partial charge in [0.2, 0.25) is 0 Å². The topological polar surface area (TPSA) is 96.1 Å². The molecule has 0 aromatic heterocycles. The van der Waals surface area contributed by atoms with Crippen LogP contribution in [-0.2, 0) is 0 Å². The number of hydrogen-bond acceptors (Lipinski definition) is 3. The van der Waals surface area contributed by atoms with Gasteiger partial charge in [0.15, 0.2) is 5.60 Å². The maximum atomic E-state index is 12.8. The zero-order valence-corrected chi connectivity index (χ0v) is 15.1. The Kier molecular flexibility index (Phi) is 4.46. The van der Waals surface area contributed by atoms with Crippen LogP contribution in [0.3, 0.4) is 0 Å². The highest BCUT2D eigenvalue weighted by molar-refractivity contribution is 6.03. The van der Waals surface area contributed by atoms with E-state index in [1.807, 2.05) is 32.0 Å². The minimum Gasteiger partial charge on any atom is -0.398 e. The fourth-order valence-corrected chi connectivity index (χ4v) is 3.85. The van der Waals surface area contributed by atoms with Crippen molar-refractivity contribution in [2.45, 2.75) is 44.4 Å². The van der Waals surface area contributed by atoms with Crippen LogP contribution in [0.25, 0.3) is 11.1 Å². The Morgan fingerprint density at radius 3 is 2.26 bits per heavy atom. The molecule has 0 saturated heterocycles. The van der Waals surface area contributed by atoms with E-state index in [4.69, 9.17) is 16.9 Å². The molecule has 27 heavy (non-hydrogen) atoms. The third-order valence-electron chi connectivity index (χ3n) is 5.47. The molecule has 144 valence electrons. The number of anilines is 1. The summed E-state index contributed by atoms with van der Waals surface area (Å²) in [5, 5.41) is 17.4. The van der Waals surface area contributed by atoms with E-state index in [0.717, 1.165) is 27.8 Å². The lowest BCUT2D eigenvalue weighted by molar-refractivity contribution is -0.291. The summed E-state index contributed by atoms with van der Waals surface area (Å²) >= 11 is 0. The SMILES string of the molecule is Cc1cc(C2CC(O)(C(F)(F)F)C2)ccc1-c1ccc(N)c(C(=N)N)c1C. The molecule has 1 aliphatic carbocycles. The Hall–Kier alpha value is -2.54. The quantitative estimate of drug-likeness (QED) is 0.370. The zero-order valence-electron chi connectivity index (χ0n) is 15.1. The van der Waals surface area contributed by atoms with Crippen molar-refractivity contribution < 1.29 is 18.3 Å². The predicted molar refractivity (Wildman–Crippen MR) is 99.8 cm³/mol. The average molecular weight is 377 g/mol. The molecule has 0 spiro atoms. The van der Waals surface area contributed by atoms with E-state index >= 15 is 0 Å². The Morgan fingerprint density at radius 1 is 1.15 bits per heavy atom. The van der Waals surface area contributed by atoms with E-state index < -0.39 is 11.8 Å². The van der Waals surface area contributed by atoms with Gasteiger partial charge >= 0.3 is 6.18 Å². The molecule has 0 bridgehead atoms. The van der Waals surface area contributed by atoms with Crippen LogP contribution in [0.2, 0.25) is 0 Å². The molecule has 1 aliphatic rings. The van der Waals surface area contributed by atoms with Crippen molar-refractivity contribution in [1.82, 2.24) is 0 Å². The number of nitrogens with one attached hydrogen (secondary N) is 1. The normalized spacial score (nSPS) is 22.4. The van der Waals surface area contributed by atoms with Gasteiger partial charge in [-0.05, 0) is 66.5 Å². The minimum atomic E-state index is -4.59. The van der Waals surface area contributed by atoms with Crippen molar-refractivity contribution in [3.63, 3.8) is 0 Å². The molecule has 0 atom stereocenters. The fraction of sp³-hybridized carbons (Fsp3) is 0.350. The number of halogens is 3. The van der Waals surface area contributed by atoms with Gasteiger partial charge in [-0.1, -0.05) is 24.3 Å². The molecule has 2 aromatic carbocycles. The first-order valence-electron chi connectivity index (χ1n) is 8.58. The summed E-state index contributed by atoms with van der Waals surface area (Å²) in [6.07, 6.45) is -5.22. The minimum absolute atomic E-state index is 0.109. The van der Waals surface area contributed by atoms with Crippen molar-refractivity contribution >= 4 is 11.5 Å². The second-order valence-corrected chi connectivity index (χ2v) is 7.32. The summed E-state index contributed by atoms with van der Waals surface area (Å²) in [4.78, 5) is 0. The molecule has 4 nitrogen and oxygen atoms in total. The molecule has 0 radical (unpaired) electrons. The van der Waals surface area contributed by atoms with Crippen molar-refractivity contribution in [3.8, 4) is 11.1 Å². The van der Waals surface area contributed by atoms with Crippen molar-refractivity contribution in [2.75, 3.05) is 5.73 Å². The Balaban J connectivity index is 1.92. The summed E-state index contributed by atoms with van der Waals surface area (Å²) in [7, 11) is 0. The number of alkyl halides is 3. The van der Waals surface area contributed by atoms with Crippen molar-refractivity contribution in [3.05, 3.63) is 52.6 Å². The number of rotatable bonds is 3. The van der Waals surface area contributed by atoms with Gasteiger partial charge in [0.25, 0.3) is 0 Å². The van der Waals surface area contributed by atoms with Gasteiger partial charge in [0, 0.05) is 11.3 Å². The van der Waals surface area contributed by atoms with Crippen LogP contribution in [0, 0.1) is 19.3 Å². The zero-order chi connectivity index (χ0) is 20.1. The van der Waals surface area contributed by atoms with Crippen LogP contribution in [0.15, 0.2) is 30.3 Å². The van der Waals surface area contributed by atoms with Crippen molar-refractivity contribution in [1.29, 1.82) is 5.41 Å². The number of aryl methyl sites for hydroxylation is 1. The predicted octanol–water partition coefficient (Wildman–Crippen LogP) is 4.01. The van der Waals surface area contributed by atoms with E-state index in [2.05, 4.69) is 0 Å². The van der Waals surface area contributed by atoms with Crippen LogP contribution >= 0.6 is 0 Å². The number of nitrogen functional groups attached to an aromatic ring is 2. The third kappa shape index (κ3) is 3.16. The first-order valence-corrected chi connectivity index (χ1v) is 8.58. The Morgan fingerprint density at radius 2 is 1.74 bits per heavy atom. The number of aliphatic hydroxyl groups is 1. The van der Waals surface area contributed by atoms with Crippen LogP contribution in [0.5, 0.6) is 0 Å². The lowest BCUT2D eigenvalue weighted by Gasteiger charge is -2.44. The molecule has 2 aromatic rings. The molecule has 0 amide bonds. The fourth-order valence-electron chi connectivity index (χ4n) is 3.85. The first-order chi connectivity index (χ1) is 12.4. The van der Waals surface area contributed by atoms with Gasteiger partial charge in [0.1, 0.15) is 5.84 Å². The van der Waals surface area contributed by atoms with E-state index in [1.165, 1.54) is 0 Å². The van der Waals surface area contributed by atoms with Gasteiger partial charge in [-0.2, -0.15) is 13.2 Å². The smallest absolute Gasteiger partial charge is 0.398 e. The lowest BCUT2D eigenvalue weighted by atomic mass is 9.67. The molecule has 0 aliphatic heterocycles. The largest absolute Gasteiger partial charge is 0.417 e. The van der Waals surface area contributed by atoms with E-state index in [9.17, 15) is 18.3 Å². The number of benzene rings is 2. The van der Waals surface area contributed by atoms with E-state index in [-0.39, 0.29) is 24.6 Å². The van der Waals surface area contributed by atoms with Gasteiger partial charge in [-0.3, -0.25) is 5.41 Å². The highest BCUT2D eigenvalue weighted by Crippen LogP contribution is 2.53. The standard InChI is InChI=1S/C20H22F3N3O/c1-10-7-12(13-8-19(27,9-13)20(21,22)23)3-4-14(10)15-5-6-16(24)17(11(15)2)18(25)26/h3-7,13,27H,8-9,24H2,1-2H3,(H3,25,26). The van der Waals surface area contributed by atoms with Crippen molar-refractivity contribution in [2.24, 2.45) is 5.73 Å². The Bertz CT molecular complexity index is 915. The number of hydrogen-bond donors (Lipinski definition) is 4. The van der Waals surface area contributed by atoms with Gasteiger partial charge in [0.05, 0.1) is 0 Å². The third-order valence-corrected chi connectivity index (χ3v) is 5.47. The molecule has 3 rings (SSSR count). The maximum absolute atomic E-state index is 12.8. The van der Waals surface area contributed by atoms with Crippen LogP contribution in [0.1, 0.15) is 41.0 Å². The second-order valence-electron chi connectivity index (χ2n) is 7.32. The summed E-state index contributed by atoms with van der Waals surface area (Å²) in [5.74, 6) is -0.424. The van der Waals surface area contributed by atoms with Gasteiger partial charge in [-0.15, -0.1) is 0 Å². The van der Waals surface area contributed by atoms with E-state index in [0.29, 0.717) is 11.3 Å². The average Bonchev–Trinajstić information content (AvgIpc) is 2.51. The molecule has 0 heterocycles. The number of amidine groups is 1. The van der Waals surface area contributed by atoms with Crippen LogP contribution in [-0.4, -0.2) is 22.7 Å². The van der Waals surface area contributed by atoms with E-state index in [1.54, 1.807) is 12.1 Å². The Labute approximate surface area is 155 Å². The van der Waals surface area contributed by atoms with Crippen LogP contribution < -0.4 is 11.5 Å². The summed E-state index contributed by atoms with van der Waals surface area (Å²) in [5.41, 5.74) is 14.2. The van der Waals surface area contributed by atoms with Gasteiger partial charge < -0.3 is 16.6 Å². The molecule has 1 fully saturated rings. The molecule has 1 saturated carbocycles. The monoisotopic (exact) mass is 377 g/mol. The highest BCUT2D eigenvalue weighted by atomic mass is 19.4. The molecular formula is C20H22F3N3O. The molecular weight excluding hydrogens is 355 g/mol. The number of nitrogens with two attached hydrogens (primary N) is 2. The summed E-state index contributed by atoms with van der Waals surface area (Å²) < 4.78 is 38.5. The highest BCUT2D eigenvalue weighted by Gasteiger charge is 2.61. The molecule has 7 heteroatoms. The summed E-state index contributed by atoms with van der Waals surface area (Å²) in [6.45, 7) is 3.72. The summed E-state index contributed by atoms with van der Waals surface area (Å²) in [6, 6.07) is 9.07. The molecule has 6 N–H and O–H groups in total.